The number of piperazine rings is 1. The van der Waals surface area contributed by atoms with Gasteiger partial charge in [-0.3, -0.25) is 0 Å². The lowest BCUT2D eigenvalue weighted by atomic mass is 9.91. The molecule has 2 fully saturated rings. The maximum absolute atomic E-state index is 12.4. The van der Waals surface area contributed by atoms with Gasteiger partial charge in [-0.25, -0.2) is 8.42 Å². The molecule has 1 aliphatic carbocycles. The fourth-order valence-corrected chi connectivity index (χ4v) is 5.10. The number of nitrogens with one attached hydrogen (secondary N) is 1. The van der Waals surface area contributed by atoms with E-state index in [1.807, 2.05) is 6.92 Å². The molecule has 2 rings (SSSR count). The molecule has 0 spiro atoms. The summed E-state index contributed by atoms with van der Waals surface area (Å²) in [5.74, 6) is 0.771. The number of halogens is 1. The third-order valence-corrected chi connectivity index (χ3v) is 6.12. The van der Waals surface area contributed by atoms with Gasteiger partial charge in [-0.1, -0.05) is 19.3 Å². The van der Waals surface area contributed by atoms with Crippen LogP contribution >= 0.6 is 12.4 Å². The molecule has 108 valence electrons. The Morgan fingerprint density at radius 3 is 2.50 bits per heavy atom. The van der Waals surface area contributed by atoms with Gasteiger partial charge in [-0.05, 0) is 25.7 Å². The summed E-state index contributed by atoms with van der Waals surface area (Å²) < 4.78 is 26.4. The highest BCUT2D eigenvalue weighted by atomic mass is 35.5. The highest BCUT2D eigenvalue weighted by molar-refractivity contribution is 7.89. The molecule has 1 atom stereocenters. The van der Waals surface area contributed by atoms with Gasteiger partial charge in [0.1, 0.15) is 0 Å². The highest BCUT2D eigenvalue weighted by Crippen LogP contribution is 2.26. The normalized spacial score (nSPS) is 27.7. The first-order chi connectivity index (χ1) is 8.09. The van der Waals surface area contributed by atoms with Crippen LogP contribution in [-0.2, 0) is 10.0 Å². The van der Waals surface area contributed by atoms with Gasteiger partial charge in [0.25, 0.3) is 0 Å². The zero-order valence-corrected chi connectivity index (χ0v) is 12.7. The summed E-state index contributed by atoms with van der Waals surface area (Å²) in [7, 11) is -3.04. The fraction of sp³-hybridized carbons (Fsp3) is 1.00. The number of sulfonamides is 1. The summed E-state index contributed by atoms with van der Waals surface area (Å²) in [5, 5.41) is 3.23. The molecular weight excluding hydrogens is 272 g/mol. The van der Waals surface area contributed by atoms with Crippen LogP contribution in [0.2, 0.25) is 0 Å². The molecule has 0 bridgehead atoms. The number of nitrogens with zero attached hydrogens (tertiary/aromatic N) is 1. The Hall–Kier alpha value is 0.160. The molecule has 0 unspecified atom stereocenters. The topological polar surface area (TPSA) is 49.4 Å². The van der Waals surface area contributed by atoms with Crippen molar-refractivity contribution in [3.05, 3.63) is 0 Å². The van der Waals surface area contributed by atoms with Crippen LogP contribution in [0.1, 0.15) is 39.0 Å². The fourth-order valence-electron chi connectivity index (χ4n) is 2.98. The van der Waals surface area contributed by atoms with E-state index in [1.54, 1.807) is 4.31 Å². The Morgan fingerprint density at radius 2 is 1.89 bits per heavy atom. The van der Waals surface area contributed by atoms with Crippen molar-refractivity contribution >= 4 is 22.4 Å². The standard InChI is InChI=1S/C12H24N2O2S.ClH/c1-11-9-13-7-8-14(11)17(15,16)10-12-5-3-2-4-6-12;/h11-13H,2-10H2,1H3;1H/t11-;/m1./s1. The molecule has 0 aromatic rings. The summed E-state index contributed by atoms with van der Waals surface area (Å²) in [6.07, 6.45) is 5.88. The lowest BCUT2D eigenvalue weighted by molar-refractivity contribution is 0.279. The van der Waals surface area contributed by atoms with Crippen LogP contribution in [0.4, 0.5) is 0 Å². The minimum atomic E-state index is -3.04. The number of hydrogen-bond acceptors (Lipinski definition) is 3. The lowest BCUT2D eigenvalue weighted by Gasteiger charge is -2.34. The number of rotatable bonds is 3. The Labute approximate surface area is 117 Å². The van der Waals surface area contributed by atoms with E-state index in [-0.39, 0.29) is 18.4 Å². The van der Waals surface area contributed by atoms with Crippen molar-refractivity contribution in [3.63, 3.8) is 0 Å². The summed E-state index contributed by atoms with van der Waals surface area (Å²) in [6.45, 7) is 4.19. The van der Waals surface area contributed by atoms with E-state index in [2.05, 4.69) is 5.32 Å². The van der Waals surface area contributed by atoms with Gasteiger partial charge < -0.3 is 5.32 Å². The van der Waals surface area contributed by atoms with E-state index >= 15 is 0 Å². The predicted molar refractivity (Wildman–Crippen MR) is 76.6 cm³/mol. The van der Waals surface area contributed by atoms with Gasteiger partial charge in [0.15, 0.2) is 0 Å². The largest absolute Gasteiger partial charge is 0.314 e. The smallest absolute Gasteiger partial charge is 0.214 e. The van der Waals surface area contributed by atoms with Crippen LogP contribution in [0.5, 0.6) is 0 Å². The summed E-state index contributed by atoms with van der Waals surface area (Å²) in [4.78, 5) is 0. The summed E-state index contributed by atoms with van der Waals surface area (Å²) in [5.41, 5.74) is 0. The van der Waals surface area contributed by atoms with Gasteiger partial charge in [-0.2, -0.15) is 4.31 Å². The van der Waals surface area contributed by atoms with Crippen LogP contribution in [0.3, 0.4) is 0 Å². The van der Waals surface area contributed by atoms with Crippen molar-refractivity contribution in [2.24, 2.45) is 5.92 Å². The van der Waals surface area contributed by atoms with E-state index in [1.165, 1.54) is 19.3 Å². The van der Waals surface area contributed by atoms with E-state index in [9.17, 15) is 8.42 Å². The Morgan fingerprint density at radius 1 is 1.22 bits per heavy atom. The summed E-state index contributed by atoms with van der Waals surface area (Å²) in [6, 6.07) is 0.109. The quantitative estimate of drug-likeness (QED) is 0.861. The third kappa shape index (κ3) is 4.08. The maximum atomic E-state index is 12.4. The molecule has 1 heterocycles. The van der Waals surface area contributed by atoms with Crippen molar-refractivity contribution in [3.8, 4) is 0 Å². The SMILES string of the molecule is C[C@@H]1CNCCN1S(=O)(=O)CC1CCCCC1.Cl. The molecule has 4 nitrogen and oxygen atoms in total. The van der Waals surface area contributed by atoms with E-state index in [0.717, 1.165) is 25.9 Å². The zero-order chi connectivity index (χ0) is 12.3. The molecule has 1 saturated carbocycles. The minimum Gasteiger partial charge on any atom is -0.314 e. The molecule has 0 amide bonds. The molecule has 2 aliphatic rings. The van der Waals surface area contributed by atoms with Crippen molar-refractivity contribution in [1.29, 1.82) is 0 Å². The molecule has 1 saturated heterocycles. The molecule has 1 aliphatic heterocycles. The Bertz CT molecular complexity index is 342. The van der Waals surface area contributed by atoms with Crippen molar-refractivity contribution in [2.75, 3.05) is 25.4 Å². The average molecular weight is 297 g/mol. The Balaban J connectivity index is 0.00000162. The van der Waals surface area contributed by atoms with Crippen LogP contribution in [0.15, 0.2) is 0 Å². The van der Waals surface area contributed by atoms with Gasteiger partial charge in [0, 0.05) is 25.7 Å². The highest BCUT2D eigenvalue weighted by Gasteiger charge is 2.31. The summed E-state index contributed by atoms with van der Waals surface area (Å²) >= 11 is 0. The van der Waals surface area contributed by atoms with Crippen molar-refractivity contribution < 1.29 is 8.42 Å². The van der Waals surface area contributed by atoms with Gasteiger partial charge in [-0.15, -0.1) is 12.4 Å². The van der Waals surface area contributed by atoms with Crippen LogP contribution < -0.4 is 5.32 Å². The number of hydrogen-bond donors (Lipinski definition) is 1. The second-order valence-corrected chi connectivity index (χ2v) is 7.41. The minimum absolute atomic E-state index is 0. The molecule has 0 radical (unpaired) electrons. The first-order valence-corrected chi connectivity index (χ1v) is 8.41. The molecule has 0 aromatic carbocycles. The van der Waals surface area contributed by atoms with Crippen molar-refractivity contribution in [1.82, 2.24) is 9.62 Å². The first-order valence-electron chi connectivity index (χ1n) is 6.80. The molecule has 0 aromatic heterocycles. The van der Waals surface area contributed by atoms with E-state index < -0.39 is 10.0 Å². The molecule has 6 heteroatoms. The predicted octanol–water partition coefficient (Wildman–Crippen LogP) is 1.61. The van der Waals surface area contributed by atoms with E-state index in [0.29, 0.717) is 18.2 Å². The first kappa shape index (κ1) is 16.2. The van der Waals surface area contributed by atoms with E-state index in [4.69, 9.17) is 0 Å². The van der Waals surface area contributed by atoms with Gasteiger partial charge >= 0.3 is 0 Å². The lowest BCUT2D eigenvalue weighted by Crippen LogP contribution is -2.53. The van der Waals surface area contributed by atoms with Crippen molar-refractivity contribution in [2.45, 2.75) is 45.1 Å². The Kier molecular flexibility index (Phi) is 6.38. The van der Waals surface area contributed by atoms with Crippen LogP contribution in [0, 0.1) is 5.92 Å². The second-order valence-electron chi connectivity index (χ2n) is 5.45. The monoisotopic (exact) mass is 296 g/mol. The molecular formula is C12H25ClN2O2S. The van der Waals surface area contributed by atoms with Crippen LogP contribution in [-0.4, -0.2) is 44.2 Å². The molecule has 18 heavy (non-hydrogen) atoms. The third-order valence-electron chi connectivity index (χ3n) is 3.97. The van der Waals surface area contributed by atoms with Crippen LogP contribution in [0.25, 0.3) is 0 Å². The zero-order valence-electron chi connectivity index (χ0n) is 11.1. The van der Waals surface area contributed by atoms with Gasteiger partial charge in [0.2, 0.25) is 10.0 Å². The maximum Gasteiger partial charge on any atom is 0.214 e. The van der Waals surface area contributed by atoms with Gasteiger partial charge in [0.05, 0.1) is 5.75 Å². The average Bonchev–Trinajstić information content (AvgIpc) is 2.30. The molecule has 1 N–H and O–H groups in total. The second kappa shape index (κ2) is 7.08.